The minimum absolute atomic E-state index is 0.100. The Labute approximate surface area is 133 Å². The molecule has 1 amide bonds. The molecule has 0 aliphatic rings. The normalized spacial score (nSPS) is 12.3. The van der Waals surface area contributed by atoms with Crippen molar-refractivity contribution in [1.82, 2.24) is 15.3 Å². The van der Waals surface area contributed by atoms with Crippen molar-refractivity contribution in [3.63, 3.8) is 0 Å². The molecular weight excluding hydrogens is 294 g/mol. The third-order valence-corrected chi connectivity index (χ3v) is 4.58. The fraction of sp³-hybridized carbons (Fsp3) is 0.235. The molecule has 0 aliphatic carbocycles. The zero-order valence-electron chi connectivity index (χ0n) is 12.5. The average Bonchev–Trinajstić information content (AvgIpc) is 2.98. The molecule has 3 aromatic rings. The topological polar surface area (TPSA) is 54.9 Å². The molecule has 112 valence electrons. The second kappa shape index (κ2) is 6.23. The highest BCUT2D eigenvalue weighted by atomic mass is 32.1. The van der Waals surface area contributed by atoms with Gasteiger partial charge in [0.1, 0.15) is 10.7 Å². The van der Waals surface area contributed by atoms with Gasteiger partial charge in [-0.25, -0.2) is 4.98 Å². The number of rotatable bonds is 4. The van der Waals surface area contributed by atoms with E-state index in [1.54, 1.807) is 29.7 Å². The van der Waals surface area contributed by atoms with Gasteiger partial charge in [0.2, 0.25) is 0 Å². The van der Waals surface area contributed by atoms with Crippen molar-refractivity contribution in [2.45, 2.75) is 26.3 Å². The Hall–Kier alpha value is -2.27. The van der Waals surface area contributed by atoms with Crippen LogP contribution in [0.5, 0.6) is 0 Å². The fourth-order valence-corrected chi connectivity index (χ4v) is 3.11. The van der Waals surface area contributed by atoms with Crippen molar-refractivity contribution in [1.29, 1.82) is 0 Å². The summed E-state index contributed by atoms with van der Waals surface area (Å²) in [7, 11) is 0. The molecule has 1 atom stereocenters. The van der Waals surface area contributed by atoms with Gasteiger partial charge in [-0.15, -0.1) is 11.3 Å². The number of aromatic nitrogens is 2. The Morgan fingerprint density at radius 2 is 2.09 bits per heavy atom. The number of hydrogen-bond acceptors (Lipinski definition) is 4. The molecule has 1 aromatic carbocycles. The summed E-state index contributed by atoms with van der Waals surface area (Å²) < 4.78 is 1.09. The van der Waals surface area contributed by atoms with E-state index in [2.05, 4.69) is 15.3 Å². The standard InChI is InChI=1S/C17H17N3OS/c1-3-11(2)19-16(21)12-7-6-10-18-15(12)17-20-13-8-4-5-9-14(13)22-17/h4-11H,3H2,1-2H3,(H,19,21)/t11-/m1/s1. The molecular formula is C17H17N3OS. The van der Waals surface area contributed by atoms with Crippen LogP contribution in [0.4, 0.5) is 0 Å². The molecule has 0 fully saturated rings. The summed E-state index contributed by atoms with van der Waals surface area (Å²) in [5.41, 5.74) is 2.15. The number of nitrogens with zero attached hydrogens (tertiary/aromatic N) is 2. The van der Waals surface area contributed by atoms with Gasteiger partial charge in [-0.2, -0.15) is 0 Å². The van der Waals surface area contributed by atoms with Gasteiger partial charge in [0.25, 0.3) is 5.91 Å². The molecule has 2 aromatic heterocycles. The molecule has 0 radical (unpaired) electrons. The van der Waals surface area contributed by atoms with Crippen molar-refractivity contribution >= 4 is 27.5 Å². The van der Waals surface area contributed by atoms with Crippen LogP contribution in [0.25, 0.3) is 20.9 Å². The lowest BCUT2D eigenvalue weighted by Crippen LogP contribution is -2.32. The quantitative estimate of drug-likeness (QED) is 0.795. The van der Waals surface area contributed by atoms with Crippen LogP contribution in [0.3, 0.4) is 0 Å². The summed E-state index contributed by atoms with van der Waals surface area (Å²) >= 11 is 1.55. The van der Waals surface area contributed by atoms with Crippen molar-refractivity contribution in [3.8, 4) is 10.7 Å². The maximum absolute atomic E-state index is 12.4. The summed E-state index contributed by atoms with van der Waals surface area (Å²) in [6.45, 7) is 4.04. The van der Waals surface area contributed by atoms with E-state index in [9.17, 15) is 4.79 Å². The van der Waals surface area contributed by atoms with Gasteiger partial charge in [-0.3, -0.25) is 9.78 Å². The first-order valence-electron chi connectivity index (χ1n) is 7.31. The zero-order valence-corrected chi connectivity index (χ0v) is 13.4. The monoisotopic (exact) mass is 311 g/mol. The third kappa shape index (κ3) is 2.85. The highest BCUT2D eigenvalue weighted by Gasteiger charge is 2.17. The van der Waals surface area contributed by atoms with Crippen molar-refractivity contribution in [2.75, 3.05) is 0 Å². The van der Waals surface area contributed by atoms with Gasteiger partial charge in [0.05, 0.1) is 15.8 Å². The molecule has 4 nitrogen and oxygen atoms in total. The lowest BCUT2D eigenvalue weighted by Gasteiger charge is -2.12. The molecule has 0 spiro atoms. The molecule has 2 heterocycles. The molecule has 1 N–H and O–H groups in total. The highest BCUT2D eigenvalue weighted by molar-refractivity contribution is 7.21. The van der Waals surface area contributed by atoms with Crippen molar-refractivity contribution in [3.05, 3.63) is 48.2 Å². The SMILES string of the molecule is CC[C@@H](C)NC(=O)c1cccnc1-c1nc2ccccc2s1. The van der Waals surface area contributed by atoms with Gasteiger partial charge in [0.15, 0.2) is 0 Å². The highest BCUT2D eigenvalue weighted by Crippen LogP contribution is 2.30. The lowest BCUT2D eigenvalue weighted by molar-refractivity contribution is 0.0939. The number of amides is 1. The smallest absolute Gasteiger partial charge is 0.253 e. The Balaban J connectivity index is 2.02. The van der Waals surface area contributed by atoms with Crippen LogP contribution in [0.1, 0.15) is 30.6 Å². The number of carbonyl (C=O) groups is 1. The van der Waals surface area contributed by atoms with Gasteiger partial charge in [-0.1, -0.05) is 19.1 Å². The van der Waals surface area contributed by atoms with E-state index in [1.165, 1.54) is 0 Å². The number of nitrogens with one attached hydrogen (secondary N) is 1. The largest absolute Gasteiger partial charge is 0.350 e. The minimum atomic E-state index is -0.100. The molecule has 5 heteroatoms. The van der Waals surface area contributed by atoms with E-state index < -0.39 is 0 Å². The second-order valence-corrected chi connectivity index (χ2v) is 6.20. The maximum atomic E-state index is 12.4. The zero-order chi connectivity index (χ0) is 15.5. The van der Waals surface area contributed by atoms with Gasteiger partial charge in [0, 0.05) is 12.2 Å². The predicted octanol–water partition coefficient (Wildman–Crippen LogP) is 3.89. The molecule has 0 saturated carbocycles. The fourth-order valence-electron chi connectivity index (χ4n) is 2.14. The summed E-state index contributed by atoms with van der Waals surface area (Å²) in [5.74, 6) is -0.100. The first-order valence-corrected chi connectivity index (χ1v) is 8.12. The molecule has 3 rings (SSSR count). The van der Waals surface area contributed by atoms with Crippen LogP contribution in [-0.4, -0.2) is 21.9 Å². The van der Waals surface area contributed by atoms with Crippen LogP contribution in [0, 0.1) is 0 Å². The molecule has 0 unspecified atom stereocenters. The first-order chi connectivity index (χ1) is 10.7. The predicted molar refractivity (Wildman–Crippen MR) is 90.1 cm³/mol. The number of pyridine rings is 1. The average molecular weight is 311 g/mol. The second-order valence-electron chi connectivity index (χ2n) is 5.17. The summed E-state index contributed by atoms with van der Waals surface area (Å²) in [5, 5.41) is 3.76. The minimum Gasteiger partial charge on any atom is -0.350 e. The van der Waals surface area contributed by atoms with E-state index in [4.69, 9.17) is 0 Å². The first kappa shape index (κ1) is 14.7. The van der Waals surface area contributed by atoms with Gasteiger partial charge >= 0.3 is 0 Å². The van der Waals surface area contributed by atoms with Gasteiger partial charge in [-0.05, 0) is 37.6 Å². The number of para-hydroxylation sites is 1. The molecule has 0 bridgehead atoms. The molecule has 0 saturated heterocycles. The number of fused-ring (bicyclic) bond motifs is 1. The van der Waals surface area contributed by atoms with Crippen LogP contribution in [-0.2, 0) is 0 Å². The summed E-state index contributed by atoms with van der Waals surface area (Å²) in [6.07, 6.45) is 2.59. The van der Waals surface area contributed by atoms with E-state index in [0.29, 0.717) is 11.3 Å². The van der Waals surface area contributed by atoms with Crippen LogP contribution < -0.4 is 5.32 Å². The number of hydrogen-bond donors (Lipinski definition) is 1. The van der Waals surface area contributed by atoms with E-state index in [0.717, 1.165) is 21.6 Å². The Bertz CT molecular complexity index is 779. The number of benzene rings is 1. The Morgan fingerprint density at radius 3 is 2.86 bits per heavy atom. The van der Waals surface area contributed by atoms with Crippen molar-refractivity contribution < 1.29 is 4.79 Å². The third-order valence-electron chi connectivity index (χ3n) is 3.54. The van der Waals surface area contributed by atoms with Gasteiger partial charge < -0.3 is 5.32 Å². The Morgan fingerprint density at radius 1 is 1.27 bits per heavy atom. The maximum Gasteiger partial charge on any atom is 0.253 e. The molecule has 0 aliphatic heterocycles. The van der Waals surface area contributed by atoms with E-state index in [1.807, 2.05) is 38.1 Å². The summed E-state index contributed by atoms with van der Waals surface area (Å²) in [4.78, 5) is 21.4. The number of carbonyl (C=O) groups excluding carboxylic acids is 1. The lowest BCUT2D eigenvalue weighted by atomic mass is 10.1. The van der Waals surface area contributed by atoms with E-state index in [-0.39, 0.29) is 11.9 Å². The molecule has 22 heavy (non-hydrogen) atoms. The van der Waals surface area contributed by atoms with Crippen LogP contribution in [0.2, 0.25) is 0 Å². The Kier molecular flexibility index (Phi) is 4.15. The number of thiazole rings is 1. The van der Waals surface area contributed by atoms with E-state index >= 15 is 0 Å². The van der Waals surface area contributed by atoms with Crippen LogP contribution >= 0.6 is 11.3 Å². The summed E-state index contributed by atoms with van der Waals surface area (Å²) in [6, 6.07) is 11.7. The van der Waals surface area contributed by atoms with Crippen LogP contribution in [0.15, 0.2) is 42.6 Å². The van der Waals surface area contributed by atoms with Crippen molar-refractivity contribution in [2.24, 2.45) is 0 Å².